The van der Waals surface area contributed by atoms with Crippen LogP contribution >= 0.6 is 0 Å². The smallest absolute Gasteiger partial charge is 0.274 e. The van der Waals surface area contributed by atoms with E-state index in [1.54, 1.807) is 59.6 Å². The van der Waals surface area contributed by atoms with E-state index in [9.17, 15) is 14.0 Å². The van der Waals surface area contributed by atoms with Gasteiger partial charge >= 0.3 is 0 Å². The van der Waals surface area contributed by atoms with Crippen molar-refractivity contribution in [3.63, 3.8) is 0 Å². The van der Waals surface area contributed by atoms with Gasteiger partial charge in [-0.1, -0.05) is 12.1 Å². The fourth-order valence-electron chi connectivity index (χ4n) is 3.32. The summed E-state index contributed by atoms with van der Waals surface area (Å²) in [4.78, 5) is 29.8. The average molecular weight is 432 g/mol. The summed E-state index contributed by atoms with van der Waals surface area (Å²) in [5.74, 6) is -0.281. The third kappa shape index (κ3) is 4.44. The molecule has 0 spiro atoms. The number of hydrogen-bond donors (Lipinski definition) is 1. The first-order valence-corrected chi connectivity index (χ1v) is 9.89. The van der Waals surface area contributed by atoms with Crippen LogP contribution in [0, 0.1) is 12.7 Å². The summed E-state index contributed by atoms with van der Waals surface area (Å²) in [7, 11) is 1.52. The normalized spacial score (nSPS) is 10.7. The second-order valence-corrected chi connectivity index (χ2v) is 7.24. The Morgan fingerprint density at radius 2 is 1.94 bits per heavy atom. The molecule has 32 heavy (non-hydrogen) atoms. The average Bonchev–Trinajstić information content (AvgIpc) is 3.23. The standard InChI is InChI=1S/C24H21FN4O3/c1-16-13-29(15-26-16)21-10-7-18(12-22(21)32-2)23(30)27-20-4-3-11-28(24(20)31)14-17-5-8-19(25)9-6-17/h3-13,15H,14H2,1-2H3,(H,27,30). The van der Waals surface area contributed by atoms with Crippen LogP contribution in [0.1, 0.15) is 21.6 Å². The molecule has 2 heterocycles. The number of amides is 1. The molecule has 0 fully saturated rings. The Bertz CT molecular complexity index is 1330. The highest BCUT2D eigenvalue weighted by atomic mass is 19.1. The molecular weight excluding hydrogens is 411 g/mol. The second-order valence-electron chi connectivity index (χ2n) is 7.24. The van der Waals surface area contributed by atoms with Crippen molar-refractivity contribution >= 4 is 11.6 Å². The predicted octanol–water partition coefficient (Wildman–Crippen LogP) is 3.79. The number of anilines is 1. The highest BCUT2D eigenvalue weighted by Crippen LogP contribution is 2.25. The zero-order chi connectivity index (χ0) is 22.7. The number of nitrogens with zero attached hydrogens (tertiary/aromatic N) is 3. The van der Waals surface area contributed by atoms with Gasteiger partial charge in [0.2, 0.25) is 0 Å². The Labute approximate surface area is 183 Å². The Morgan fingerprint density at radius 3 is 2.62 bits per heavy atom. The number of carbonyl (C=O) groups excluding carboxylic acids is 1. The maximum atomic E-state index is 13.1. The minimum Gasteiger partial charge on any atom is -0.495 e. The second kappa shape index (κ2) is 8.89. The summed E-state index contributed by atoms with van der Waals surface area (Å²) < 4.78 is 21.8. The van der Waals surface area contributed by atoms with Gasteiger partial charge in [-0.3, -0.25) is 9.59 Å². The third-order valence-corrected chi connectivity index (χ3v) is 4.97. The molecule has 0 saturated heterocycles. The molecule has 0 unspecified atom stereocenters. The molecule has 8 heteroatoms. The quantitative estimate of drug-likeness (QED) is 0.503. The number of aromatic nitrogens is 3. The van der Waals surface area contributed by atoms with Gasteiger partial charge in [-0.25, -0.2) is 9.37 Å². The van der Waals surface area contributed by atoms with Gasteiger partial charge in [-0.05, 0) is 55.0 Å². The Hall–Kier alpha value is -4.20. The van der Waals surface area contributed by atoms with Gasteiger partial charge in [0.15, 0.2) is 0 Å². The van der Waals surface area contributed by atoms with Crippen LogP contribution in [0.25, 0.3) is 5.69 Å². The minimum absolute atomic E-state index is 0.146. The summed E-state index contributed by atoms with van der Waals surface area (Å²) in [5.41, 5.74) is 2.50. The van der Waals surface area contributed by atoms with Crippen molar-refractivity contribution in [3.05, 3.63) is 106 Å². The van der Waals surface area contributed by atoms with E-state index in [1.165, 1.54) is 23.8 Å². The van der Waals surface area contributed by atoms with Crippen molar-refractivity contribution in [2.24, 2.45) is 0 Å². The van der Waals surface area contributed by atoms with Crippen LogP contribution in [0.5, 0.6) is 5.75 Å². The fraction of sp³-hybridized carbons (Fsp3) is 0.125. The van der Waals surface area contributed by atoms with Gasteiger partial charge in [0.25, 0.3) is 11.5 Å². The van der Waals surface area contributed by atoms with E-state index in [0.29, 0.717) is 11.3 Å². The van der Waals surface area contributed by atoms with Crippen molar-refractivity contribution < 1.29 is 13.9 Å². The summed E-state index contributed by atoms with van der Waals surface area (Å²) in [6, 6.07) is 14.1. The molecule has 4 rings (SSSR count). The maximum absolute atomic E-state index is 13.1. The lowest BCUT2D eigenvalue weighted by atomic mass is 10.1. The molecule has 0 aliphatic heterocycles. The number of carbonyl (C=O) groups is 1. The third-order valence-electron chi connectivity index (χ3n) is 4.97. The molecule has 2 aromatic carbocycles. The Balaban J connectivity index is 1.56. The zero-order valence-corrected chi connectivity index (χ0v) is 17.6. The molecule has 0 aliphatic carbocycles. The van der Waals surface area contributed by atoms with Crippen LogP contribution in [-0.2, 0) is 6.54 Å². The number of halogens is 1. The van der Waals surface area contributed by atoms with Gasteiger partial charge in [-0.2, -0.15) is 0 Å². The number of pyridine rings is 1. The van der Waals surface area contributed by atoms with Crippen LogP contribution in [0.3, 0.4) is 0 Å². The van der Waals surface area contributed by atoms with Crippen molar-refractivity contribution in [3.8, 4) is 11.4 Å². The van der Waals surface area contributed by atoms with E-state index in [1.807, 2.05) is 13.1 Å². The Kier molecular flexibility index (Phi) is 5.85. The molecule has 0 radical (unpaired) electrons. The monoisotopic (exact) mass is 432 g/mol. The summed E-state index contributed by atoms with van der Waals surface area (Å²) >= 11 is 0. The molecule has 7 nitrogen and oxygen atoms in total. The first-order chi connectivity index (χ1) is 15.4. The number of hydrogen-bond acceptors (Lipinski definition) is 4. The first-order valence-electron chi connectivity index (χ1n) is 9.89. The molecule has 1 amide bonds. The fourth-order valence-corrected chi connectivity index (χ4v) is 3.32. The van der Waals surface area contributed by atoms with E-state index in [0.717, 1.165) is 16.9 Å². The van der Waals surface area contributed by atoms with E-state index < -0.39 is 5.91 Å². The van der Waals surface area contributed by atoms with Crippen LogP contribution in [-0.4, -0.2) is 27.1 Å². The van der Waals surface area contributed by atoms with Gasteiger partial charge in [-0.15, -0.1) is 0 Å². The molecule has 0 aliphatic rings. The molecule has 0 saturated carbocycles. The lowest BCUT2D eigenvalue weighted by molar-refractivity contribution is 0.102. The molecule has 162 valence electrons. The number of methoxy groups -OCH3 is 1. The number of imidazole rings is 1. The summed E-state index contributed by atoms with van der Waals surface area (Å²) in [5, 5.41) is 2.67. The number of benzene rings is 2. The van der Waals surface area contributed by atoms with Gasteiger partial charge < -0.3 is 19.2 Å². The van der Waals surface area contributed by atoms with Gasteiger partial charge in [0, 0.05) is 18.0 Å². The lowest BCUT2D eigenvalue weighted by Crippen LogP contribution is -2.25. The SMILES string of the molecule is COc1cc(C(=O)Nc2cccn(Cc3ccc(F)cc3)c2=O)ccc1-n1cnc(C)c1. The van der Waals surface area contributed by atoms with Gasteiger partial charge in [0.05, 0.1) is 31.4 Å². The summed E-state index contributed by atoms with van der Waals surface area (Å²) in [6.07, 6.45) is 5.14. The number of nitrogens with one attached hydrogen (secondary N) is 1. The highest BCUT2D eigenvalue weighted by Gasteiger charge is 2.14. The largest absolute Gasteiger partial charge is 0.495 e. The van der Waals surface area contributed by atoms with E-state index in [2.05, 4.69) is 10.3 Å². The number of ether oxygens (including phenoxy) is 1. The molecule has 1 N–H and O–H groups in total. The van der Waals surface area contributed by atoms with Crippen LogP contribution in [0.4, 0.5) is 10.1 Å². The van der Waals surface area contributed by atoms with E-state index in [4.69, 9.17) is 4.74 Å². The molecular formula is C24H21FN4O3. The van der Waals surface area contributed by atoms with Gasteiger partial charge in [0.1, 0.15) is 17.3 Å². The predicted molar refractivity (Wildman–Crippen MR) is 119 cm³/mol. The van der Waals surface area contributed by atoms with Crippen LogP contribution in [0.2, 0.25) is 0 Å². The van der Waals surface area contributed by atoms with Crippen molar-refractivity contribution in [1.82, 2.24) is 14.1 Å². The number of aryl methyl sites for hydroxylation is 1. The first kappa shape index (κ1) is 21.0. The maximum Gasteiger partial charge on any atom is 0.274 e. The molecule has 2 aromatic heterocycles. The number of rotatable bonds is 6. The van der Waals surface area contributed by atoms with Crippen LogP contribution in [0.15, 0.2) is 78.1 Å². The summed E-state index contributed by atoms with van der Waals surface area (Å²) in [6.45, 7) is 2.14. The molecule has 0 bridgehead atoms. The van der Waals surface area contributed by atoms with Crippen molar-refractivity contribution in [2.45, 2.75) is 13.5 Å². The topological polar surface area (TPSA) is 78.1 Å². The van der Waals surface area contributed by atoms with E-state index in [-0.39, 0.29) is 23.6 Å². The van der Waals surface area contributed by atoms with Crippen molar-refractivity contribution in [2.75, 3.05) is 12.4 Å². The Morgan fingerprint density at radius 1 is 1.16 bits per heavy atom. The van der Waals surface area contributed by atoms with Crippen LogP contribution < -0.4 is 15.6 Å². The van der Waals surface area contributed by atoms with Crippen molar-refractivity contribution in [1.29, 1.82) is 0 Å². The lowest BCUT2D eigenvalue weighted by Gasteiger charge is -2.12. The highest BCUT2D eigenvalue weighted by molar-refractivity contribution is 6.04. The minimum atomic E-state index is -0.437. The molecule has 0 atom stereocenters. The zero-order valence-electron chi connectivity index (χ0n) is 17.6. The molecule has 4 aromatic rings. The van der Waals surface area contributed by atoms with E-state index >= 15 is 0 Å².